The van der Waals surface area contributed by atoms with Gasteiger partial charge in [-0.1, -0.05) is 60.7 Å². The zero-order valence-corrected chi connectivity index (χ0v) is 18.6. The van der Waals surface area contributed by atoms with Gasteiger partial charge in [-0.15, -0.1) is 0 Å². The Kier molecular flexibility index (Phi) is 5.48. The number of amides is 1. The van der Waals surface area contributed by atoms with E-state index in [1.54, 1.807) is 10.9 Å². The van der Waals surface area contributed by atoms with Crippen molar-refractivity contribution in [2.75, 3.05) is 0 Å². The van der Waals surface area contributed by atoms with Crippen molar-refractivity contribution in [1.82, 2.24) is 19.7 Å². The normalized spacial score (nSPS) is 11.1. The fourth-order valence-electron chi connectivity index (χ4n) is 4.13. The maximum Gasteiger partial charge on any atom is 0.255 e. The van der Waals surface area contributed by atoms with E-state index in [9.17, 15) is 4.79 Å². The van der Waals surface area contributed by atoms with Crippen LogP contribution in [0.3, 0.4) is 0 Å². The standard InChI is InChI=1S/C27H24N4O2/c1-19-25-23(16-24(21-12-7-4-8-13-21)28-26(25)30(2)29-19)27(32)31(18-22-14-9-15-33-22)17-20-10-5-3-6-11-20/h3-16H,17-18H2,1-2H3. The Morgan fingerprint density at radius 2 is 1.70 bits per heavy atom. The van der Waals surface area contributed by atoms with Crippen LogP contribution in [0.25, 0.3) is 22.3 Å². The van der Waals surface area contributed by atoms with E-state index in [2.05, 4.69) is 5.10 Å². The number of benzene rings is 2. The Balaban J connectivity index is 1.63. The number of furan rings is 1. The van der Waals surface area contributed by atoms with Crippen molar-refractivity contribution in [3.8, 4) is 11.3 Å². The minimum Gasteiger partial charge on any atom is -0.467 e. The third kappa shape index (κ3) is 4.15. The summed E-state index contributed by atoms with van der Waals surface area (Å²) < 4.78 is 7.31. The average Bonchev–Trinajstić information content (AvgIpc) is 3.46. The lowest BCUT2D eigenvalue weighted by molar-refractivity contribution is 0.0719. The molecule has 0 aliphatic carbocycles. The van der Waals surface area contributed by atoms with Crippen LogP contribution in [0.2, 0.25) is 0 Å². The lowest BCUT2D eigenvalue weighted by Crippen LogP contribution is -2.30. The van der Waals surface area contributed by atoms with Crippen LogP contribution in [-0.4, -0.2) is 25.6 Å². The van der Waals surface area contributed by atoms with Crippen LogP contribution in [0.1, 0.15) is 27.4 Å². The number of fused-ring (bicyclic) bond motifs is 1. The van der Waals surface area contributed by atoms with Gasteiger partial charge in [0.2, 0.25) is 0 Å². The van der Waals surface area contributed by atoms with Crippen molar-refractivity contribution in [3.63, 3.8) is 0 Å². The minimum absolute atomic E-state index is 0.0871. The highest BCUT2D eigenvalue weighted by atomic mass is 16.3. The molecule has 0 radical (unpaired) electrons. The van der Waals surface area contributed by atoms with E-state index >= 15 is 0 Å². The van der Waals surface area contributed by atoms with Crippen LogP contribution in [0.4, 0.5) is 0 Å². The number of nitrogens with zero attached hydrogens (tertiary/aromatic N) is 4. The molecule has 0 saturated heterocycles. The van der Waals surface area contributed by atoms with Crippen LogP contribution in [-0.2, 0) is 20.1 Å². The summed E-state index contributed by atoms with van der Waals surface area (Å²) in [5, 5.41) is 5.33. The number of hydrogen-bond donors (Lipinski definition) is 0. The summed E-state index contributed by atoms with van der Waals surface area (Å²) >= 11 is 0. The maximum absolute atomic E-state index is 14.1. The van der Waals surface area contributed by atoms with E-state index in [1.165, 1.54) is 0 Å². The summed E-state index contributed by atoms with van der Waals surface area (Å²) in [6.45, 7) is 2.74. The van der Waals surface area contributed by atoms with Crippen LogP contribution in [0.5, 0.6) is 0 Å². The van der Waals surface area contributed by atoms with E-state index in [4.69, 9.17) is 9.40 Å². The highest BCUT2D eigenvalue weighted by Crippen LogP contribution is 2.28. The fraction of sp³-hybridized carbons (Fsp3) is 0.148. The SMILES string of the molecule is Cc1nn(C)c2nc(-c3ccccc3)cc(C(=O)N(Cc3ccccc3)Cc3ccco3)c12. The van der Waals surface area contributed by atoms with Crippen molar-refractivity contribution in [2.45, 2.75) is 20.0 Å². The molecular formula is C27H24N4O2. The fourth-order valence-corrected chi connectivity index (χ4v) is 4.13. The zero-order valence-electron chi connectivity index (χ0n) is 18.6. The molecule has 0 N–H and O–H groups in total. The van der Waals surface area contributed by atoms with Gasteiger partial charge in [0.25, 0.3) is 5.91 Å². The van der Waals surface area contributed by atoms with Crippen molar-refractivity contribution in [3.05, 3.63) is 108 Å². The van der Waals surface area contributed by atoms with Gasteiger partial charge in [0.05, 0.1) is 35.1 Å². The molecular weight excluding hydrogens is 412 g/mol. The first kappa shape index (κ1) is 20.7. The van der Waals surface area contributed by atoms with E-state index < -0.39 is 0 Å². The Labute approximate surface area is 192 Å². The van der Waals surface area contributed by atoms with Crippen LogP contribution in [0.15, 0.2) is 89.5 Å². The Morgan fingerprint density at radius 1 is 0.970 bits per heavy atom. The number of rotatable bonds is 6. The molecule has 5 rings (SSSR count). The number of carbonyl (C=O) groups is 1. The van der Waals surface area contributed by atoms with Crippen molar-refractivity contribution >= 4 is 16.9 Å². The number of aryl methyl sites for hydroxylation is 2. The molecule has 5 aromatic rings. The summed E-state index contributed by atoms with van der Waals surface area (Å²) in [4.78, 5) is 20.7. The quantitative estimate of drug-likeness (QED) is 0.359. The Morgan fingerprint density at radius 3 is 2.39 bits per heavy atom. The van der Waals surface area contributed by atoms with E-state index in [0.29, 0.717) is 24.3 Å². The molecule has 3 heterocycles. The lowest BCUT2D eigenvalue weighted by atomic mass is 10.0. The van der Waals surface area contributed by atoms with Gasteiger partial charge in [-0.05, 0) is 30.7 Å². The molecule has 0 atom stereocenters. The van der Waals surface area contributed by atoms with Gasteiger partial charge in [-0.2, -0.15) is 5.10 Å². The monoisotopic (exact) mass is 436 g/mol. The summed E-state index contributed by atoms with van der Waals surface area (Å²) in [5.74, 6) is 0.645. The van der Waals surface area contributed by atoms with Gasteiger partial charge >= 0.3 is 0 Å². The molecule has 3 aromatic heterocycles. The second-order valence-electron chi connectivity index (χ2n) is 8.05. The third-order valence-corrected chi connectivity index (χ3v) is 5.70. The molecule has 1 amide bonds. The van der Waals surface area contributed by atoms with Gasteiger partial charge in [0.15, 0.2) is 5.65 Å². The zero-order chi connectivity index (χ0) is 22.8. The molecule has 0 fully saturated rings. The predicted octanol–water partition coefficient (Wildman–Crippen LogP) is 5.38. The molecule has 0 bridgehead atoms. The van der Waals surface area contributed by atoms with Gasteiger partial charge in [0, 0.05) is 19.2 Å². The van der Waals surface area contributed by atoms with E-state index in [1.807, 2.05) is 97.7 Å². The molecule has 0 unspecified atom stereocenters. The molecule has 0 spiro atoms. The van der Waals surface area contributed by atoms with Crippen molar-refractivity contribution in [1.29, 1.82) is 0 Å². The first-order valence-electron chi connectivity index (χ1n) is 10.9. The first-order chi connectivity index (χ1) is 16.1. The molecule has 6 heteroatoms. The second kappa shape index (κ2) is 8.74. The van der Waals surface area contributed by atoms with Crippen LogP contribution >= 0.6 is 0 Å². The van der Waals surface area contributed by atoms with E-state index in [0.717, 1.165) is 33.7 Å². The number of aromatic nitrogens is 3. The molecule has 164 valence electrons. The Hall–Kier alpha value is -4.19. The minimum atomic E-state index is -0.0871. The lowest BCUT2D eigenvalue weighted by Gasteiger charge is -2.23. The predicted molar refractivity (Wildman–Crippen MR) is 127 cm³/mol. The molecule has 0 saturated carbocycles. The average molecular weight is 437 g/mol. The largest absolute Gasteiger partial charge is 0.467 e. The third-order valence-electron chi connectivity index (χ3n) is 5.70. The summed E-state index contributed by atoms with van der Waals surface area (Å²) in [6, 6.07) is 25.5. The molecule has 0 aliphatic rings. The molecule has 6 nitrogen and oxygen atoms in total. The molecule has 0 aliphatic heterocycles. The summed E-state index contributed by atoms with van der Waals surface area (Å²) in [6.07, 6.45) is 1.63. The van der Waals surface area contributed by atoms with Gasteiger partial charge in [-0.25, -0.2) is 4.98 Å². The van der Waals surface area contributed by atoms with Gasteiger partial charge < -0.3 is 9.32 Å². The number of hydrogen-bond acceptors (Lipinski definition) is 4. The smallest absolute Gasteiger partial charge is 0.255 e. The van der Waals surface area contributed by atoms with Crippen LogP contribution < -0.4 is 0 Å². The topological polar surface area (TPSA) is 64.2 Å². The molecule has 2 aromatic carbocycles. The highest BCUT2D eigenvalue weighted by Gasteiger charge is 2.24. The second-order valence-corrected chi connectivity index (χ2v) is 8.05. The van der Waals surface area contributed by atoms with Crippen LogP contribution in [0, 0.1) is 6.92 Å². The molecule has 33 heavy (non-hydrogen) atoms. The number of pyridine rings is 1. The van der Waals surface area contributed by atoms with Crippen molar-refractivity contribution < 1.29 is 9.21 Å². The van der Waals surface area contributed by atoms with E-state index in [-0.39, 0.29) is 5.91 Å². The highest BCUT2D eigenvalue weighted by molar-refractivity contribution is 6.07. The first-order valence-corrected chi connectivity index (χ1v) is 10.9. The maximum atomic E-state index is 14.1. The Bertz CT molecular complexity index is 1390. The van der Waals surface area contributed by atoms with Gasteiger partial charge in [-0.3, -0.25) is 9.48 Å². The summed E-state index contributed by atoms with van der Waals surface area (Å²) in [5.41, 5.74) is 4.80. The summed E-state index contributed by atoms with van der Waals surface area (Å²) in [7, 11) is 1.86. The number of carbonyl (C=O) groups excluding carboxylic acids is 1. The van der Waals surface area contributed by atoms with Gasteiger partial charge in [0.1, 0.15) is 5.76 Å². The van der Waals surface area contributed by atoms with Crippen molar-refractivity contribution in [2.24, 2.45) is 7.05 Å².